The number of ether oxygens (including phenoxy) is 3. The van der Waals surface area contributed by atoms with Crippen LogP contribution < -0.4 is 14.8 Å². The van der Waals surface area contributed by atoms with Gasteiger partial charge in [-0.15, -0.1) is 0 Å². The standard InChI is InChI=1S/C20H21FN2O7/c1-4-29-18-10-16(23(26)27)15(9-17(18)28-3)20(25)30-12(2)19(24)22-11-13-5-7-14(21)8-6-13/h5-10,12H,4,11H2,1-3H3,(H,22,24)/t12-/m0/s1. The Balaban J connectivity index is 2.12. The summed E-state index contributed by atoms with van der Waals surface area (Å²) in [5.74, 6) is -1.86. The molecule has 1 N–H and O–H groups in total. The van der Waals surface area contributed by atoms with E-state index in [1.54, 1.807) is 6.92 Å². The predicted molar refractivity (Wildman–Crippen MR) is 104 cm³/mol. The third kappa shape index (κ3) is 5.66. The van der Waals surface area contributed by atoms with Gasteiger partial charge in [0.25, 0.3) is 11.6 Å². The number of carbonyl (C=O) groups excluding carboxylic acids is 2. The number of nitrogens with zero attached hydrogens (tertiary/aromatic N) is 1. The third-order valence-electron chi connectivity index (χ3n) is 4.03. The van der Waals surface area contributed by atoms with Gasteiger partial charge in [0.2, 0.25) is 0 Å². The Morgan fingerprint density at radius 2 is 1.87 bits per heavy atom. The molecule has 0 aliphatic heterocycles. The smallest absolute Gasteiger partial charge is 0.346 e. The monoisotopic (exact) mass is 420 g/mol. The van der Waals surface area contributed by atoms with E-state index in [4.69, 9.17) is 14.2 Å². The Bertz CT molecular complexity index is 931. The van der Waals surface area contributed by atoms with Crippen molar-refractivity contribution in [3.63, 3.8) is 0 Å². The van der Waals surface area contributed by atoms with Gasteiger partial charge in [0.05, 0.1) is 24.7 Å². The highest BCUT2D eigenvalue weighted by Crippen LogP contribution is 2.35. The van der Waals surface area contributed by atoms with E-state index in [0.29, 0.717) is 5.56 Å². The second kappa shape index (κ2) is 10.2. The zero-order chi connectivity index (χ0) is 22.3. The van der Waals surface area contributed by atoms with E-state index >= 15 is 0 Å². The van der Waals surface area contributed by atoms with E-state index in [0.717, 1.165) is 12.1 Å². The maximum absolute atomic E-state index is 12.9. The molecular formula is C20H21FN2O7. The van der Waals surface area contributed by atoms with E-state index < -0.39 is 34.4 Å². The van der Waals surface area contributed by atoms with Crippen molar-refractivity contribution < 1.29 is 33.1 Å². The number of hydrogen-bond donors (Lipinski definition) is 1. The van der Waals surface area contributed by atoms with Crippen LogP contribution in [0, 0.1) is 15.9 Å². The molecule has 0 spiro atoms. The SMILES string of the molecule is CCOc1cc([N+](=O)[O-])c(C(=O)O[C@@H](C)C(=O)NCc2ccc(F)cc2)cc1OC. The molecule has 2 rings (SSSR count). The van der Waals surface area contributed by atoms with Crippen LogP contribution in [0.3, 0.4) is 0 Å². The van der Waals surface area contributed by atoms with Crippen molar-refractivity contribution in [1.29, 1.82) is 0 Å². The predicted octanol–water partition coefficient (Wildman–Crippen LogP) is 3.00. The molecule has 1 atom stereocenters. The summed E-state index contributed by atoms with van der Waals surface area (Å²) in [5.41, 5.74) is -0.267. The number of benzene rings is 2. The van der Waals surface area contributed by atoms with Crippen molar-refractivity contribution in [2.24, 2.45) is 0 Å². The number of nitrogens with one attached hydrogen (secondary N) is 1. The van der Waals surface area contributed by atoms with Crippen LogP contribution in [0.15, 0.2) is 36.4 Å². The lowest BCUT2D eigenvalue weighted by atomic mass is 10.1. The van der Waals surface area contributed by atoms with Gasteiger partial charge in [-0.1, -0.05) is 12.1 Å². The highest BCUT2D eigenvalue weighted by Gasteiger charge is 2.28. The molecule has 0 aromatic heterocycles. The lowest BCUT2D eigenvalue weighted by molar-refractivity contribution is -0.385. The average Bonchev–Trinajstić information content (AvgIpc) is 2.72. The maximum atomic E-state index is 12.9. The number of hydrogen-bond acceptors (Lipinski definition) is 7. The minimum atomic E-state index is -1.23. The van der Waals surface area contributed by atoms with Crippen LogP contribution in [-0.2, 0) is 16.1 Å². The summed E-state index contributed by atoms with van der Waals surface area (Å²) in [6, 6.07) is 7.71. The molecule has 0 saturated carbocycles. The van der Waals surface area contributed by atoms with E-state index in [1.165, 1.54) is 38.3 Å². The molecule has 0 fully saturated rings. The van der Waals surface area contributed by atoms with Crippen molar-refractivity contribution in [3.8, 4) is 11.5 Å². The van der Waals surface area contributed by atoms with Crippen LogP contribution in [0.1, 0.15) is 29.8 Å². The summed E-state index contributed by atoms with van der Waals surface area (Å²) in [4.78, 5) is 35.3. The van der Waals surface area contributed by atoms with Crippen molar-refractivity contribution in [2.45, 2.75) is 26.5 Å². The van der Waals surface area contributed by atoms with E-state index in [-0.39, 0.29) is 30.2 Å². The first-order valence-corrected chi connectivity index (χ1v) is 8.99. The van der Waals surface area contributed by atoms with Crippen LogP contribution in [-0.4, -0.2) is 36.6 Å². The molecule has 2 aromatic rings. The van der Waals surface area contributed by atoms with E-state index in [2.05, 4.69) is 5.32 Å². The Morgan fingerprint density at radius 3 is 2.43 bits per heavy atom. The van der Waals surface area contributed by atoms with E-state index in [1.807, 2.05) is 0 Å². The molecule has 1 amide bonds. The normalized spacial score (nSPS) is 11.3. The van der Waals surface area contributed by atoms with Crippen LogP contribution >= 0.6 is 0 Å². The minimum absolute atomic E-state index is 0.0953. The molecule has 160 valence electrons. The number of amides is 1. The summed E-state index contributed by atoms with van der Waals surface area (Å²) in [6.45, 7) is 3.36. The van der Waals surface area contributed by atoms with Gasteiger partial charge in [-0.2, -0.15) is 0 Å². The largest absolute Gasteiger partial charge is 0.493 e. The number of carbonyl (C=O) groups is 2. The molecule has 0 bridgehead atoms. The first-order chi connectivity index (χ1) is 14.3. The summed E-state index contributed by atoms with van der Waals surface area (Å²) in [5, 5.41) is 13.9. The van der Waals surface area contributed by atoms with Gasteiger partial charge >= 0.3 is 5.97 Å². The fraction of sp³-hybridized carbons (Fsp3) is 0.300. The molecule has 10 heteroatoms. The molecule has 0 saturated heterocycles. The number of rotatable bonds is 9. The quantitative estimate of drug-likeness (QED) is 0.376. The molecule has 2 aromatic carbocycles. The summed E-state index contributed by atoms with van der Waals surface area (Å²) in [7, 11) is 1.32. The van der Waals surface area contributed by atoms with Crippen LogP contribution in [0.2, 0.25) is 0 Å². The van der Waals surface area contributed by atoms with Gasteiger partial charge in [0.15, 0.2) is 17.6 Å². The highest BCUT2D eigenvalue weighted by atomic mass is 19.1. The van der Waals surface area contributed by atoms with E-state index in [9.17, 15) is 24.1 Å². The molecule has 0 unspecified atom stereocenters. The van der Waals surface area contributed by atoms with Crippen molar-refractivity contribution in [1.82, 2.24) is 5.32 Å². The lowest BCUT2D eigenvalue weighted by Crippen LogP contribution is -2.35. The van der Waals surface area contributed by atoms with Crippen molar-refractivity contribution >= 4 is 17.6 Å². The number of nitro benzene ring substituents is 1. The minimum Gasteiger partial charge on any atom is -0.493 e. The Kier molecular flexibility index (Phi) is 7.68. The van der Waals surface area contributed by atoms with Crippen molar-refractivity contribution in [2.75, 3.05) is 13.7 Å². The molecule has 0 radical (unpaired) electrons. The van der Waals surface area contributed by atoms with Gasteiger partial charge in [-0.05, 0) is 31.5 Å². The second-order valence-corrected chi connectivity index (χ2v) is 6.10. The topological polar surface area (TPSA) is 117 Å². The van der Waals surface area contributed by atoms with Crippen molar-refractivity contribution in [3.05, 3.63) is 63.5 Å². The fourth-order valence-electron chi connectivity index (χ4n) is 2.50. The third-order valence-corrected chi connectivity index (χ3v) is 4.03. The van der Waals surface area contributed by atoms with Crippen LogP contribution in [0.5, 0.6) is 11.5 Å². The molecule has 0 aliphatic carbocycles. The Labute approximate surface area is 171 Å². The molecular weight excluding hydrogens is 399 g/mol. The number of nitro groups is 1. The lowest BCUT2D eigenvalue weighted by Gasteiger charge is -2.15. The maximum Gasteiger partial charge on any atom is 0.346 e. The van der Waals surface area contributed by atoms with Gasteiger partial charge < -0.3 is 19.5 Å². The number of methoxy groups -OCH3 is 1. The molecule has 0 heterocycles. The number of esters is 1. The first kappa shape index (κ1) is 22.6. The van der Waals surface area contributed by atoms with Gasteiger partial charge in [-0.3, -0.25) is 14.9 Å². The van der Waals surface area contributed by atoms with Crippen LogP contribution in [0.4, 0.5) is 10.1 Å². The Morgan fingerprint density at radius 1 is 1.20 bits per heavy atom. The molecule has 0 aliphatic rings. The van der Waals surface area contributed by atoms with Crippen LogP contribution in [0.25, 0.3) is 0 Å². The van der Waals surface area contributed by atoms with Gasteiger partial charge in [0, 0.05) is 12.6 Å². The summed E-state index contributed by atoms with van der Waals surface area (Å²) >= 11 is 0. The fourth-order valence-corrected chi connectivity index (χ4v) is 2.50. The zero-order valence-electron chi connectivity index (χ0n) is 16.6. The second-order valence-electron chi connectivity index (χ2n) is 6.10. The summed E-state index contributed by atoms with van der Waals surface area (Å²) in [6.07, 6.45) is -1.23. The highest BCUT2D eigenvalue weighted by molar-refractivity contribution is 5.96. The summed E-state index contributed by atoms with van der Waals surface area (Å²) < 4.78 is 28.4. The molecule has 30 heavy (non-hydrogen) atoms. The first-order valence-electron chi connectivity index (χ1n) is 8.99. The zero-order valence-corrected chi connectivity index (χ0v) is 16.6. The Hall–Kier alpha value is -3.69. The van der Waals surface area contributed by atoms with Gasteiger partial charge in [0.1, 0.15) is 11.4 Å². The number of halogens is 1. The molecule has 9 nitrogen and oxygen atoms in total. The van der Waals surface area contributed by atoms with Gasteiger partial charge in [-0.25, -0.2) is 9.18 Å². The average molecular weight is 420 g/mol.